The second-order valence-corrected chi connectivity index (χ2v) is 8.38. The number of nitrogens with one attached hydrogen (secondary N) is 1. The Balaban J connectivity index is 1.69. The maximum atomic E-state index is 12.7. The molecule has 5 nitrogen and oxygen atoms in total. The molecular formula is C20H13ClN2O3S2. The van der Waals surface area contributed by atoms with Gasteiger partial charge in [-0.1, -0.05) is 35.9 Å². The van der Waals surface area contributed by atoms with Gasteiger partial charge in [-0.3, -0.25) is 4.79 Å². The van der Waals surface area contributed by atoms with Crippen molar-refractivity contribution in [2.45, 2.75) is 6.92 Å². The quantitative estimate of drug-likeness (QED) is 0.421. The molecule has 4 aromatic rings. The van der Waals surface area contributed by atoms with Crippen molar-refractivity contribution in [3.8, 4) is 11.1 Å². The van der Waals surface area contributed by atoms with Gasteiger partial charge in [-0.15, -0.1) is 22.7 Å². The molecule has 2 aromatic carbocycles. The summed E-state index contributed by atoms with van der Waals surface area (Å²) >= 11 is 8.37. The first-order valence-electron chi connectivity index (χ1n) is 8.22. The highest BCUT2D eigenvalue weighted by Gasteiger charge is 2.23. The molecule has 0 saturated heterocycles. The Morgan fingerprint density at radius 1 is 1.14 bits per heavy atom. The molecule has 0 bridgehead atoms. The van der Waals surface area contributed by atoms with Crippen molar-refractivity contribution in [2.24, 2.45) is 0 Å². The number of thiazole rings is 1. The summed E-state index contributed by atoms with van der Waals surface area (Å²) in [4.78, 5) is 28.9. The molecular weight excluding hydrogens is 416 g/mol. The first-order chi connectivity index (χ1) is 13.4. The fourth-order valence-electron chi connectivity index (χ4n) is 2.84. The Hall–Kier alpha value is -2.74. The van der Waals surface area contributed by atoms with E-state index in [1.807, 2.05) is 25.1 Å². The van der Waals surface area contributed by atoms with Crippen LogP contribution in [0.1, 0.15) is 25.7 Å². The Labute approximate surface area is 173 Å². The van der Waals surface area contributed by atoms with E-state index in [1.165, 1.54) is 22.7 Å². The van der Waals surface area contributed by atoms with E-state index in [9.17, 15) is 14.7 Å². The van der Waals surface area contributed by atoms with Crippen LogP contribution in [0.3, 0.4) is 0 Å². The predicted octanol–water partition coefficient (Wildman–Crippen LogP) is 5.94. The number of halogens is 1. The third-order valence-corrected chi connectivity index (χ3v) is 6.55. The summed E-state index contributed by atoms with van der Waals surface area (Å²) in [6.07, 6.45) is 0. The summed E-state index contributed by atoms with van der Waals surface area (Å²) in [6, 6.07) is 12.6. The number of hydrogen-bond donors (Lipinski definition) is 2. The smallest absolute Gasteiger partial charge is 0.339 e. The number of carboxylic acid groups (broad SMARTS) is 1. The molecule has 8 heteroatoms. The molecule has 2 heterocycles. The molecule has 2 N–H and O–H groups in total. The number of nitrogens with zero attached hydrogens (tertiary/aromatic N) is 1. The van der Waals surface area contributed by atoms with Crippen molar-refractivity contribution in [1.29, 1.82) is 0 Å². The highest BCUT2D eigenvalue weighted by molar-refractivity contribution is 7.20. The number of carbonyl (C=O) groups is 2. The second-order valence-electron chi connectivity index (χ2n) is 6.06. The molecule has 0 aliphatic carbocycles. The number of amides is 1. The van der Waals surface area contributed by atoms with Crippen LogP contribution in [-0.4, -0.2) is 22.0 Å². The van der Waals surface area contributed by atoms with Gasteiger partial charge in [-0.25, -0.2) is 9.78 Å². The minimum absolute atomic E-state index is 0.0537. The molecule has 0 fully saturated rings. The van der Waals surface area contributed by atoms with Gasteiger partial charge in [0.05, 0.1) is 10.2 Å². The molecule has 0 atom stereocenters. The van der Waals surface area contributed by atoms with Gasteiger partial charge in [-0.05, 0) is 36.2 Å². The van der Waals surface area contributed by atoms with Crippen LogP contribution in [0.2, 0.25) is 5.02 Å². The molecule has 1 amide bonds. The number of carbonyl (C=O) groups excluding carboxylic acids is 1. The van der Waals surface area contributed by atoms with Crippen molar-refractivity contribution in [1.82, 2.24) is 4.98 Å². The van der Waals surface area contributed by atoms with E-state index in [2.05, 4.69) is 10.3 Å². The fraction of sp³-hybridized carbons (Fsp3) is 0.0500. The molecule has 0 unspecified atom stereocenters. The number of rotatable bonds is 4. The molecule has 0 spiro atoms. The summed E-state index contributed by atoms with van der Waals surface area (Å²) < 4.78 is 0.944. The maximum absolute atomic E-state index is 12.7. The summed E-state index contributed by atoms with van der Waals surface area (Å²) in [6.45, 7) is 1.96. The largest absolute Gasteiger partial charge is 0.478 e. The molecule has 0 radical (unpaired) electrons. The summed E-state index contributed by atoms with van der Waals surface area (Å²) in [5, 5.41) is 15.3. The average molecular weight is 429 g/mol. The van der Waals surface area contributed by atoms with E-state index in [0.29, 0.717) is 21.2 Å². The lowest BCUT2D eigenvalue weighted by molar-refractivity contribution is 0.0699. The average Bonchev–Trinajstić information content (AvgIpc) is 3.27. The minimum atomic E-state index is -1.11. The maximum Gasteiger partial charge on any atom is 0.339 e. The number of aromatic nitrogens is 1. The van der Waals surface area contributed by atoms with Crippen LogP contribution in [0, 0.1) is 6.92 Å². The van der Waals surface area contributed by atoms with Crippen LogP contribution in [0.25, 0.3) is 21.3 Å². The third-order valence-electron chi connectivity index (χ3n) is 4.19. The number of carboxylic acids is 1. The number of benzene rings is 2. The Kier molecular flexibility index (Phi) is 4.89. The van der Waals surface area contributed by atoms with Crippen LogP contribution in [0.15, 0.2) is 47.8 Å². The van der Waals surface area contributed by atoms with Crippen LogP contribution in [0.5, 0.6) is 0 Å². The Morgan fingerprint density at radius 2 is 1.89 bits per heavy atom. The zero-order valence-corrected chi connectivity index (χ0v) is 16.9. The Morgan fingerprint density at radius 3 is 2.57 bits per heavy atom. The van der Waals surface area contributed by atoms with E-state index < -0.39 is 11.9 Å². The molecule has 4 rings (SSSR count). The predicted molar refractivity (Wildman–Crippen MR) is 114 cm³/mol. The van der Waals surface area contributed by atoms with E-state index in [-0.39, 0.29) is 10.6 Å². The summed E-state index contributed by atoms with van der Waals surface area (Å²) in [7, 11) is 0. The molecule has 0 saturated carbocycles. The first kappa shape index (κ1) is 18.6. The van der Waals surface area contributed by atoms with E-state index in [4.69, 9.17) is 11.6 Å². The van der Waals surface area contributed by atoms with Crippen molar-refractivity contribution in [3.63, 3.8) is 0 Å². The molecule has 140 valence electrons. The van der Waals surface area contributed by atoms with E-state index in [1.54, 1.807) is 29.6 Å². The minimum Gasteiger partial charge on any atom is -0.478 e. The number of thiophene rings is 1. The summed E-state index contributed by atoms with van der Waals surface area (Å²) in [5.41, 5.74) is 3.10. The van der Waals surface area contributed by atoms with Gasteiger partial charge in [0.1, 0.15) is 10.6 Å². The lowest BCUT2D eigenvalue weighted by Crippen LogP contribution is -2.13. The summed E-state index contributed by atoms with van der Waals surface area (Å²) in [5.74, 6) is -1.53. The van der Waals surface area contributed by atoms with Crippen molar-refractivity contribution in [3.05, 3.63) is 69.0 Å². The van der Waals surface area contributed by atoms with Crippen LogP contribution in [0.4, 0.5) is 5.00 Å². The molecule has 0 aliphatic rings. The molecule has 28 heavy (non-hydrogen) atoms. The van der Waals surface area contributed by atoms with Crippen LogP contribution >= 0.6 is 34.3 Å². The van der Waals surface area contributed by atoms with Gasteiger partial charge >= 0.3 is 5.97 Å². The Bertz CT molecular complexity index is 1210. The normalized spacial score (nSPS) is 10.9. The standard InChI is InChI=1S/C20H13ClN2O3S2/c1-10-3-2-4-14-16(10)28-19(22-14)17(24)23-18-15(20(25)26)13(9-27-18)11-5-7-12(21)8-6-11/h2-9H,1H3,(H,23,24)(H,25,26). The van der Waals surface area contributed by atoms with E-state index >= 15 is 0 Å². The fourth-order valence-corrected chi connectivity index (χ4v) is 4.86. The number of fused-ring (bicyclic) bond motifs is 1. The van der Waals surface area contributed by atoms with Crippen molar-refractivity contribution >= 4 is 61.4 Å². The van der Waals surface area contributed by atoms with E-state index in [0.717, 1.165) is 15.8 Å². The lowest BCUT2D eigenvalue weighted by atomic mass is 10.0. The lowest BCUT2D eigenvalue weighted by Gasteiger charge is -2.05. The van der Waals surface area contributed by atoms with Crippen molar-refractivity contribution < 1.29 is 14.7 Å². The zero-order valence-electron chi connectivity index (χ0n) is 14.5. The van der Waals surface area contributed by atoms with Crippen molar-refractivity contribution in [2.75, 3.05) is 5.32 Å². The van der Waals surface area contributed by atoms with Gasteiger partial charge in [0.2, 0.25) is 0 Å². The number of hydrogen-bond acceptors (Lipinski definition) is 5. The monoisotopic (exact) mass is 428 g/mol. The topological polar surface area (TPSA) is 79.3 Å². The van der Waals surface area contributed by atoms with Crippen LogP contribution < -0.4 is 5.32 Å². The number of anilines is 1. The van der Waals surface area contributed by atoms with Gasteiger partial charge < -0.3 is 10.4 Å². The van der Waals surface area contributed by atoms with Gasteiger partial charge in [0.15, 0.2) is 5.01 Å². The zero-order chi connectivity index (χ0) is 19.8. The number of aromatic carboxylic acids is 1. The van der Waals surface area contributed by atoms with Crippen LogP contribution in [-0.2, 0) is 0 Å². The molecule has 2 aromatic heterocycles. The highest BCUT2D eigenvalue weighted by Crippen LogP contribution is 2.36. The first-order valence-corrected chi connectivity index (χ1v) is 10.3. The SMILES string of the molecule is Cc1cccc2nc(C(=O)Nc3scc(-c4ccc(Cl)cc4)c3C(=O)O)sc12. The number of aryl methyl sites for hydroxylation is 1. The second kappa shape index (κ2) is 7.35. The highest BCUT2D eigenvalue weighted by atomic mass is 35.5. The van der Waals surface area contributed by atoms with Gasteiger partial charge in [0, 0.05) is 16.0 Å². The van der Waals surface area contributed by atoms with Gasteiger partial charge in [-0.2, -0.15) is 0 Å². The molecule has 0 aliphatic heterocycles. The third kappa shape index (κ3) is 3.40. The van der Waals surface area contributed by atoms with Gasteiger partial charge in [0.25, 0.3) is 5.91 Å².